The molecule has 0 saturated heterocycles. The molecule has 0 unspecified atom stereocenters. The quantitative estimate of drug-likeness (QED) is 0.414. The van der Waals surface area contributed by atoms with Crippen molar-refractivity contribution in [3.63, 3.8) is 0 Å². The predicted molar refractivity (Wildman–Crippen MR) is 93.0 cm³/mol. The van der Waals surface area contributed by atoms with Crippen LogP contribution in [0, 0.1) is 10.1 Å². The van der Waals surface area contributed by atoms with E-state index >= 15 is 0 Å². The first-order valence-corrected chi connectivity index (χ1v) is 7.89. The largest absolute Gasteiger partial charge is 0.478 e. The summed E-state index contributed by atoms with van der Waals surface area (Å²) in [5.41, 5.74) is 1.90. The predicted octanol–water partition coefficient (Wildman–Crippen LogP) is 4.77. The SMILES string of the molecule is CCCCCc1ccc(Nc2cc(C(=O)O)ccc2[N+](=O)[O-])cc1. The number of nitro benzene ring substituents is 1. The summed E-state index contributed by atoms with van der Waals surface area (Å²) in [4.78, 5) is 21.6. The van der Waals surface area contributed by atoms with Crippen molar-refractivity contribution in [2.45, 2.75) is 32.6 Å². The Bertz CT molecular complexity index is 726. The fraction of sp³-hybridized carbons (Fsp3) is 0.278. The first-order chi connectivity index (χ1) is 11.5. The molecule has 2 aromatic rings. The lowest BCUT2D eigenvalue weighted by molar-refractivity contribution is -0.383. The molecular weight excluding hydrogens is 308 g/mol. The normalized spacial score (nSPS) is 10.4. The molecule has 0 saturated carbocycles. The molecule has 2 rings (SSSR count). The number of carbonyl (C=O) groups is 1. The van der Waals surface area contributed by atoms with Crippen LogP contribution in [0.5, 0.6) is 0 Å². The van der Waals surface area contributed by atoms with Crippen LogP contribution >= 0.6 is 0 Å². The number of aryl methyl sites for hydroxylation is 1. The van der Waals surface area contributed by atoms with E-state index in [4.69, 9.17) is 5.11 Å². The number of anilines is 2. The van der Waals surface area contributed by atoms with E-state index in [-0.39, 0.29) is 16.9 Å². The zero-order valence-corrected chi connectivity index (χ0v) is 13.5. The second-order valence-corrected chi connectivity index (χ2v) is 5.57. The highest BCUT2D eigenvalue weighted by molar-refractivity contribution is 5.90. The van der Waals surface area contributed by atoms with Gasteiger partial charge in [0, 0.05) is 11.8 Å². The lowest BCUT2D eigenvalue weighted by atomic mass is 10.1. The summed E-state index contributed by atoms with van der Waals surface area (Å²) in [6.07, 6.45) is 4.50. The molecule has 0 heterocycles. The minimum absolute atomic E-state index is 0.000661. The summed E-state index contributed by atoms with van der Waals surface area (Å²) >= 11 is 0. The van der Waals surface area contributed by atoms with Gasteiger partial charge in [-0.2, -0.15) is 0 Å². The van der Waals surface area contributed by atoms with Gasteiger partial charge in [0.15, 0.2) is 0 Å². The number of nitro groups is 1. The summed E-state index contributed by atoms with van der Waals surface area (Å²) < 4.78 is 0. The van der Waals surface area contributed by atoms with Crippen molar-refractivity contribution in [3.05, 3.63) is 63.7 Å². The van der Waals surface area contributed by atoms with Crippen LogP contribution in [0.15, 0.2) is 42.5 Å². The van der Waals surface area contributed by atoms with Gasteiger partial charge < -0.3 is 10.4 Å². The molecular formula is C18H20N2O4. The van der Waals surface area contributed by atoms with Gasteiger partial charge in [-0.25, -0.2) is 4.79 Å². The molecule has 24 heavy (non-hydrogen) atoms. The molecule has 0 fully saturated rings. The number of unbranched alkanes of at least 4 members (excludes halogenated alkanes) is 2. The molecule has 0 amide bonds. The van der Waals surface area contributed by atoms with E-state index in [0.29, 0.717) is 5.69 Å². The van der Waals surface area contributed by atoms with Crippen molar-refractivity contribution in [2.24, 2.45) is 0 Å². The molecule has 0 atom stereocenters. The minimum Gasteiger partial charge on any atom is -0.478 e. The molecule has 2 aromatic carbocycles. The summed E-state index contributed by atoms with van der Waals surface area (Å²) in [7, 11) is 0. The Morgan fingerprint density at radius 2 is 1.88 bits per heavy atom. The highest BCUT2D eigenvalue weighted by Gasteiger charge is 2.16. The highest BCUT2D eigenvalue weighted by atomic mass is 16.6. The van der Waals surface area contributed by atoms with Gasteiger partial charge in [-0.3, -0.25) is 10.1 Å². The lowest BCUT2D eigenvalue weighted by Crippen LogP contribution is -2.02. The van der Waals surface area contributed by atoms with Crippen molar-refractivity contribution in [2.75, 3.05) is 5.32 Å². The van der Waals surface area contributed by atoms with Crippen LogP contribution in [0.3, 0.4) is 0 Å². The summed E-state index contributed by atoms with van der Waals surface area (Å²) in [5, 5.41) is 23.1. The number of aromatic carboxylic acids is 1. The van der Waals surface area contributed by atoms with Crippen molar-refractivity contribution in [3.8, 4) is 0 Å². The fourth-order valence-electron chi connectivity index (χ4n) is 2.42. The van der Waals surface area contributed by atoms with Gasteiger partial charge >= 0.3 is 5.97 Å². The van der Waals surface area contributed by atoms with Crippen LogP contribution in [0.2, 0.25) is 0 Å². The number of carboxylic acids is 1. The Balaban J connectivity index is 2.18. The van der Waals surface area contributed by atoms with Gasteiger partial charge in [-0.15, -0.1) is 0 Å². The van der Waals surface area contributed by atoms with Crippen molar-refractivity contribution < 1.29 is 14.8 Å². The van der Waals surface area contributed by atoms with Gasteiger partial charge in [-0.1, -0.05) is 31.9 Å². The fourth-order valence-corrected chi connectivity index (χ4v) is 2.42. The maximum Gasteiger partial charge on any atom is 0.335 e. The zero-order chi connectivity index (χ0) is 17.5. The minimum atomic E-state index is -1.13. The smallest absolute Gasteiger partial charge is 0.335 e. The van der Waals surface area contributed by atoms with E-state index in [9.17, 15) is 14.9 Å². The van der Waals surface area contributed by atoms with Crippen molar-refractivity contribution in [1.29, 1.82) is 0 Å². The molecule has 2 N–H and O–H groups in total. The molecule has 0 bridgehead atoms. The molecule has 0 aliphatic heterocycles. The van der Waals surface area contributed by atoms with Gasteiger partial charge in [0.05, 0.1) is 10.5 Å². The van der Waals surface area contributed by atoms with Crippen LogP contribution in [0.25, 0.3) is 0 Å². The maximum absolute atomic E-state index is 11.1. The summed E-state index contributed by atoms with van der Waals surface area (Å²) in [6.45, 7) is 2.16. The first kappa shape index (κ1) is 17.5. The van der Waals surface area contributed by atoms with Crippen molar-refractivity contribution in [1.82, 2.24) is 0 Å². The van der Waals surface area contributed by atoms with E-state index in [0.717, 1.165) is 12.8 Å². The number of nitrogens with zero attached hydrogens (tertiary/aromatic N) is 1. The second kappa shape index (κ2) is 8.10. The molecule has 0 radical (unpaired) electrons. The topological polar surface area (TPSA) is 92.5 Å². The van der Waals surface area contributed by atoms with Crippen molar-refractivity contribution >= 4 is 23.0 Å². The molecule has 0 aromatic heterocycles. The van der Waals surface area contributed by atoms with Gasteiger partial charge in [0.2, 0.25) is 0 Å². The van der Waals surface area contributed by atoms with Crippen LogP contribution < -0.4 is 5.32 Å². The summed E-state index contributed by atoms with van der Waals surface area (Å²) in [6, 6.07) is 11.3. The van der Waals surface area contributed by atoms with Crippen LogP contribution in [-0.4, -0.2) is 16.0 Å². The Kier molecular flexibility index (Phi) is 5.89. The van der Waals surface area contributed by atoms with E-state index in [1.807, 2.05) is 24.3 Å². The maximum atomic E-state index is 11.1. The third kappa shape index (κ3) is 4.55. The Morgan fingerprint density at radius 1 is 1.17 bits per heavy atom. The van der Waals surface area contributed by atoms with Crippen LogP contribution in [0.4, 0.5) is 17.1 Å². The average molecular weight is 328 g/mol. The Morgan fingerprint density at radius 3 is 2.46 bits per heavy atom. The molecule has 6 nitrogen and oxygen atoms in total. The molecule has 0 aliphatic carbocycles. The van der Waals surface area contributed by atoms with E-state index < -0.39 is 10.9 Å². The Labute approximate surface area is 140 Å². The molecule has 6 heteroatoms. The Hall–Kier alpha value is -2.89. The number of hydrogen-bond acceptors (Lipinski definition) is 4. The highest BCUT2D eigenvalue weighted by Crippen LogP contribution is 2.29. The number of rotatable bonds is 8. The standard InChI is InChI=1S/C18H20N2O4/c1-2-3-4-5-13-6-9-15(10-7-13)19-16-12-14(18(21)22)8-11-17(16)20(23)24/h6-12,19H,2-5H2,1H3,(H,21,22). The van der Waals surface area contributed by atoms with E-state index in [1.54, 1.807) is 0 Å². The second-order valence-electron chi connectivity index (χ2n) is 5.57. The monoisotopic (exact) mass is 328 g/mol. The lowest BCUT2D eigenvalue weighted by Gasteiger charge is -2.09. The van der Waals surface area contributed by atoms with Crippen LogP contribution in [0.1, 0.15) is 42.1 Å². The molecule has 0 spiro atoms. The van der Waals surface area contributed by atoms with E-state index in [1.165, 1.54) is 36.6 Å². The van der Waals surface area contributed by atoms with Gasteiger partial charge in [-0.05, 0) is 42.7 Å². The molecule has 0 aliphatic rings. The zero-order valence-electron chi connectivity index (χ0n) is 13.5. The number of carboxylic acid groups (broad SMARTS) is 1. The van der Waals surface area contributed by atoms with Gasteiger partial charge in [0.1, 0.15) is 5.69 Å². The number of benzene rings is 2. The average Bonchev–Trinajstić information content (AvgIpc) is 2.56. The third-order valence-electron chi connectivity index (χ3n) is 3.74. The van der Waals surface area contributed by atoms with Gasteiger partial charge in [0.25, 0.3) is 5.69 Å². The third-order valence-corrected chi connectivity index (χ3v) is 3.74. The van der Waals surface area contributed by atoms with E-state index in [2.05, 4.69) is 12.2 Å². The number of hydrogen-bond donors (Lipinski definition) is 2. The summed E-state index contributed by atoms with van der Waals surface area (Å²) in [5.74, 6) is -1.13. The molecule has 126 valence electrons. The number of nitrogens with one attached hydrogen (secondary N) is 1. The van der Waals surface area contributed by atoms with Crippen LogP contribution in [-0.2, 0) is 6.42 Å². The first-order valence-electron chi connectivity index (χ1n) is 7.89.